The van der Waals surface area contributed by atoms with E-state index in [2.05, 4.69) is 5.32 Å². The number of aliphatic hydroxyl groups excluding tert-OH is 2. The van der Waals surface area contributed by atoms with Crippen LogP contribution in [0, 0.1) is 5.41 Å². The maximum Gasteiger partial charge on any atom is 0.234 e. The molecule has 0 aromatic heterocycles. The molecule has 33 heavy (non-hydrogen) atoms. The molecule has 3 rings (SSSR count). The maximum atomic E-state index is 14.0. The van der Waals surface area contributed by atoms with Crippen LogP contribution >= 0.6 is 0 Å². The summed E-state index contributed by atoms with van der Waals surface area (Å²) in [6.45, 7) is -0.133. The fraction of sp³-hybridized carbons (Fsp3) is 0.286. The van der Waals surface area contributed by atoms with Gasteiger partial charge in [-0.2, -0.15) is 0 Å². The Kier molecular flexibility index (Phi) is 8.93. The van der Waals surface area contributed by atoms with Crippen LogP contribution in [0.1, 0.15) is 22.3 Å². The van der Waals surface area contributed by atoms with E-state index in [9.17, 15) is 19.8 Å². The van der Waals surface area contributed by atoms with E-state index >= 15 is 0 Å². The highest BCUT2D eigenvalue weighted by atomic mass is 16.3. The Hall–Kier alpha value is -3.28. The average molecular weight is 446 g/mol. The molecule has 0 saturated heterocycles. The topological polar surface area (TPSA) is 86.6 Å². The molecule has 1 amide bonds. The Labute approximate surface area is 195 Å². The summed E-state index contributed by atoms with van der Waals surface area (Å²) in [5, 5.41) is 21.5. The van der Waals surface area contributed by atoms with E-state index < -0.39 is 5.41 Å². The molecule has 0 aliphatic carbocycles. The number of rotatable bonds is 12. The number of carbonyl (C=O) groups is 2. The van der Waals surface area contributed by atoms with Crippen LogP contribution in [0.25, 0.3) is 0 Å². The van der Waals surface area contributed by atoms with Gasteiger partial charge in [-0.3, -0.25) is 9.59 Å². The fourth-order valence-electron chi connectivity index (χ4n) is 4.21. The molecule has 0 saturated carbocycles. The third kappa shape index (κ3) is 6.37. The summed E-state index contributed by atoms with van der Waals surface area (Å²) in [7, 11) is 0. The van der Waals surface area contributed by atoms with Crippen LogP contribution in [0.5, 0.6) is 0 Å². The highest BCUT2D eigenvalue weighted by Gasteiger charge is 2.45. The van der Waals surface area contributed by atoms with E-state index in [1.54, 1.807) is 0 Å². The Bertz CT molecular complexity index is 993. The van der Waals surface area contributed by atoms with Crippen molar-refractivity contribution in [1.82, 2.24) is 5.32 Å². The Morgan fingerprint density at radius 1 is 0.697 bits per heavy atom. The number of ketones is 1. The van der Waals surface area contributed by atoms with Crippen LogP contribution in [0.3, 0.4) is 0 Å². The molecular formula is C28H31NO4. The first-order chi connectivity index (χ1) is 16.1. The van der Waals surface area contributed by atoms with Gasteiger partial charge in [-0.15, -0.1) is 0 Å². The zero-order valence-corrected chi connectivity index (χ0v) is 18.7. The molecule has 0 fully saturated rings. The number of carbonyl (C=O) groups excluding carboxylic acids is 2. The van der Waals surface area contributed by atoms with E-state index in [0.29, 0.717) is 6.42 Å². The Morgan fingerprint density at radius 3 is 1.73 bits per heavy atom. The first-order valence-corrected chi connectivity index (χ1v) is 11.3. The van der Waals surface area contributed by atoms with Crippen molar-refractivity contribution in [2.75, 3.05) is 19.8 Å². The van der Waals surface area contributed by atoms with E-state index in [1.807, 2.05) is 84.9 Å². The molecule has 5 heteroatoms. The summed E-state index contributed by atoms with van der Waals surface area (Å²) in [5.74, 6) is -0.565. The minimum atomic E-state index is -1.34. The number of hydrogen-bond acceptors (Lipinski definition) is 4. The number of nitrogens with one attached hydrogen (secondary N) is 1. The van der Waals surface area contributed by atoms with Gasteiger partial charge in [-0.25, -0.2) is 0 Å². The predicted octanol–water partition coefficient (Wildman–Crippen LogP) is 2.91. The SMILES string of the molecule is O=C(Cc1ccccc1CCO)C(Cc1ccccc1)(Cc1ccccc1)C(=O)NCCO. The van der Waals surface area contributed by atoms with Crippen LogP contribution in [0.15, 0.2) is 84.9 Å². The van der Waals surface area contributed by atoms with Crippen molar-refractivity contribution in [1.29, 1.82) is 0 Å². The Morgan fingerprint density at radius 2 is 1.21 bits per heavy atom. The lowest BCUT2D eigenvalue weighted by Crippen LogP contribution is -2.51. The second-order valence-corrected chi connectivity index (χ2v) is 8.23. The minimum Gasteiger partial charge on any atom is -0.396 e. The monoisotopic (exact) mass is 445 g/mol. The fourth-order valence-corrected chi connectivity index (χ4v) is 4.21. The maximum absolute atomic E-state index is 14.0. The van der Waals surface area contributed by atoms with Crippen LogP contribution in [0.2, 0.25) is 0 Å². The highest BCUT2D eigenvalue weighted by Crippen LogP contribution is 2.32. The van der Waals surface area contributed by atoms with Gasteiger partial charge in [-0.05, 0) is 41.5 Å². The normalized spacial score (nSPS) is 11.2. The lowest BCUT2D eigenvalue weighted by Gasteiger charge is -2.32. The summed E-state index contributed by atoms with van der Waals surface area (Å²) in [5.41, 5.74) is 2.16. The summed E-state index contributed by atoms with van der Waals surface area (Å²) in [6, 6.07) is 26.6. The quantitative estimate of drug-likeness (QED) is 0.374. The molecule has 0 radical (unpaired) electrons. The smallest absolute Gasteiger partial charge is 0.234 e. The molecule has 0 atom stereocenters. The van der Waals surface area contributed by atoms with Gasteiger partial charge < -0.3 is 15.5 Å². The molecule has 3 aromatic carbocycles. The van der Waals surface area contributed by atoms with Crippen molar-refractivity contribution in [2.45, 2.75) is 25.7 Å². The molecule has 3 N–H and O–H groups in total. The molecule has 0 spiro atoms. The molecule has 172 valence electrons. The van der Waals surface area contributed by atoms with Gasteiger partial charge in [0.25, 0.3) is 0 Å². The molecule has 5 nitrogen and oxygen atoms in total. The largest absolute Gasteiger partial charge is 0.396 e. The zero-order chi connectivity index (χ0) is 23.5. The van der Waals surface area contributed by atoms with E-state index in [0.717, 1.165) is 22.3 Å². The van der Waals surface area contributed by atoms with E-state index in [4.69, 9.17) is 0 Å². The first kappa shape index (κ1) is 24.4. The van der Waals surface area contributed by atoms with Crippen molar-refractivity contribution in [3.8, 4) is 0 Å². The zero-order valence-electron chi connectivity index (χ0n) is 18.7. The molecule has 0 aliphatic heterocycles. The summed E-state index contributed by atoms with van der Waals surface area (Å²) >= 11 is 0. The van der Waals surface area contributed by atoms with Gasteiger partial charge >= 0.3 is 0 Å². The van der Waals surface area contributed by atoms with E-state index in [-0.39, 0.29) is 50.7 Å². The van der Waals surface area contributed by atoms with Crippen LogP contribution < -0.4 is 5.32 Å². The number of benzene rings is 3. The number of aliphatic hydroxyl groups is 2. The predicted molar refractivity (Wildman–Crippen MR) is 129 cm³/mol. The molecular weight excluding hydrogens is 414 g/mol. The second-order valence-electron chi connectivity index (χ2n) is 8.23. The average Bonchev–Trinajstić information content (AvgIpc) is 2.84. The minimum absolute atomic E-state index is 0.0125. The van der Waals surface area contributed by atoms with Crippen molar-refractivity contribution in [3.05, 3.63) is 107 Å². The summed E-state index contributed by atoms with van der Waals surface area (Å²) < 4.78 is 0. The van der Waals surface area contributed by atoms with Crippen molar-refractivity contribution >= 4 is 11.7 Å². The molecule has 0 bridgehead atoms. The summed E-state index contributed by atoms with van der Waals surface area (Å²) in [4.78, 5) is 27.6. The van der Waals surface area contributed by atoms with Gasteiger partial charge in [0.1, 0.15) is 5.41 Å². The van der Waals surface area contributed by atoms with Gasteiger partial charge in [0.15, 0.2) is 5.78 Å². The van der Waals surface area contributed by atoms with Crippen LogP contribution in [-0.2, 0) is 35.3 Å². The lowest BCUT2D eigenvalue weighted by atomic mass is 9.70. The number of Topliss-reactive ketones (excluding diaryl/α,β-unsaturated/α-hetero) is 1. The lowest BCUT2D eigenvalue weighted by molar-refractivity contribution is -0.142. The number of hydrogen-bond donors (Lipinski definition) is 3. The van der Waals surface area contributed by atoms with Crippen molar-refractivity contribution in [2.24, 2.45) is 5.41 Å². The van der Waals surface area contributed by atoms with Gasteiger partial charge in [0.05, 0.1) is 6.61 Å². The summed E-state index contributed by atoms with van der Waals surface area (Å²) in [6.07, 6.45) is 1.04. The van der Waals surface area contributed by atoms with Crippen molar-refractivity contribution < 1.29 is 19.8 Å². The molecule has 0 heterocycles. The third-order valence-electron chi connectivity index (χ3n) is 5.91. The third-order valence-corrected chi connectivity index (χ3v) is 5.91. The standard InChI is InChI=1S/C28H31NO4/c30-17-15-24-13-7-8-14-25(24)19-26(32)28(27(33)29-16-18-31,20-22-9-3-1-4-10-22)21-23-11-5-2-6-12-23/h1-14,30-31H,15-21H2,(H,29,33). The van der Waals surface area contributed by atoms with Gasteiger partial charge in [-0.1, -0.05) is 84.9 Å². The first-order valence-electron chi connectivity index (χ1n) is 11.3. The molecule has 0 aliphatic rings. The van der Waals surface area contributed by atoms with Crippen LogP contribution in [0.4, 0.5) is 0 Å². The molecule has 0 unspecified atom stereocenters. The van der Waals surface area contributed by atoms with Crippen LogP contribution in [-0.4, -0.2) is 41.7 Å². The highest BCUT2D eigenvalue weighted by molar-refractivity contribution is 6.07. The van der Waals surface area contributed by atoms with Gasteiger partial charge in [0.2, 0.25) is 5.91 Å². The Balaban J connectivity index is 2.05. The number of amides is 1. The van der Waals surface area contributed by atoms with Crippen molar-refractivity contribution in [3.63, 3.8) is 0 Å². The molecule has 3 aromatic rings. The second kappa shape index (κ2) is 12.1. The van der Waals surface area contributed by atoms with E-state index in [1.165, 1.54) is 0 Å². The van der Waals surface area contributed by atoms with Gasteiger partial charge in [0, 0.05) is 19.6 Å².